The highest BCUT2D eigenvalue weighted by Gasteiger charge is 2.30. The second-order valence-electron chi connectivity index (χ2n) is 31.7. The number of ether oxygens (including phenoxy) is 4. The van der Waals surface area contributed by atoms with Crippen LogP contribution in [0.5, 0.6) is 0 Å². The van der Waals surface area contributed by atoms with Crippen LogP contribution in [0.25, 0.3) is 0 Å². The van der Waals surface area contributed by atoms with E-state index in [4.69, 9.17) is 37.0 Å². The highest BCUT2D eigenvalue weighted by Crippen LogP contribution is 2.45. The molecular weight excluding hydrogens is 1340 g/mol. The fourth-order valence-corrected chi connectivity index (χ4v) is 14.5. The molecule has 612 valence electrons. The number of carbonyl (C=O) groups is 4. The summed E-state index contributed by atoms with van der Waals surface area (Å²) in [5.74, 6) is 1.07. The largest absolute Gasteiger partial charge is 0.472 e. The van der Waals surface area contributed by atoms with E-state index < -0.39 is 97.5 Å². The lowest BCUT2D eigenvalue weighted by atomic mass is 9.99. The minimum Gasteiger partial charge on any atom is -0.462 e. The van der Waals surface area contributed by atoms with Crippen molar-refractivity contribution in [2.24, 2.45) is 23.7 Å². The molecule has 0 saturated heterocycles. The van der Waals surface area contributed by atoms with Crippen molar-refractivity contribution in [1.29, 1.82) is 0 Å². The van der Waals surface area contributed by atoms with Crippen LogP contribution in [-0.2, 0) is 65.4 Å². The summed E-state index contributed by atoms with van der Waals surface area (Å²) >= 11 is 0. The number of hydrogen-bond acceptors (Lipinski definition) is 15. The lowest BCUT2D eigenvalue weighted by Crippen LogP contribution is -2.30. The predicted molar refractivity (Wildman–Crippen MR) is 423 cm³/mol. The van der Waals surface area contributed by atoms with Crippen LogP contribution < -0.4 is 0 Å². The second-order valence-corrected chi connectivity index (χ2v) is 34.6. The molecule has 0 fully saturated rings. The molecule has 17 nitrogen and oxygen atoms in total. The number of rotatable bonds is 81. The van der Waals surface area contributed by atoms with Gasteiger partial charge in [-0.15, -0.1) is 0 Å². The number of phosphoric acid groups is 2. The maximum Gasteiger partial charge on any atom is 0.472 e. The average molecular weight is 1510 g/mol. The Morgan fingerprint density at radius 1 is 0.272 bits per heavy atom. The first kappa shape index (κ1) is 101. The van der Waals surface area contributed by atoms with Crippen LogP contribution in [0.3, 0.4) is 0 Å². The van der Waals surface area contributed by atoms with Crippen molar-refractivity contribution in [2.45, 2.75) is 453 Å². The first-order valence-corrected chi connectivity index (χ1v) is 46.3. The summed E-state index contributed by atoms with van der Waals surface area (Å²) in [4.78, 5) is 73.1. The van der Waals surface area contributed by atoms with Gasteiger partial charge in [0.15, 0.2) is 12.2 Å². The van der Waals surface area contributed by atoms with E-state index in [0.29, 0.717) is 31.6 Å². The van der Waals surface area contributed by atoms with Gasteiger partial charge in [-0.2, -0.15) is 0 Å². The maximum absolute atomic E-state index is 13.1. The third-order valence-electron chi connectivity index (χ3n) is 20.3. The normalized spacial score (nSPS) is 14.5. The number of aliphatic hydroxyl groups is 1. The fourth-order valence-electron chi connectivity index (χ4n) is 12.9. The third kappa shape index (κ3) is 75.3. The van der Waals surface area contributed by atoms with E-state index in [2.05, 4.69) is 55.4 Å². The molecule has 0 aromatic rings. The SMILES string of the molecule is CCC(C)CCCCCCCCCCCCCCCCCCCCC(=O)O[C@H](COC(=O)CCCCCCCCCC(C)C)COP(=O)(O)OCC(O)COP(=O)(O)OC[C@@H](COC(=O)CCCCCCCCCCCCC(C)CC)OC(=O)CCCCCCCCCCCCCCCCC(C)C. The monoisotopic (exact) mass is 1510 g/mol. The van der Waals surface area contributed by atoms with E-state index in [1.807, 2.05) is 0 Å². The summed E-state index contributed by atoms with van der Waals surface area (Å²) in [6.07, 6.45) is 61.1. The molecule has 19 heteroatoms. The van der Waals surface area contributed by atoms with Gasteiger partial charge in [0, 0.05) is 25.7 Å². The second kappa shape index (κ2) is 72.9. The molecule has 0 saturated carbocycles. The average Bonchev–Trinajstić information content (AvgIpc) is 0.917. The molecule has 0 aliphatic heterocycles. The standard InChI is InChI=1S/C84H164O17P2/c1-9-76(7)62-54-46-38-30-24-20-15-13-11-12-14-16-21-25-33-41-50-58-66-84(89)101-80(71-95-82(87)65-57-49-43-35-37-45-53-61-75(5)6)73-99-103(92,93)97-69-78(85)68-96-102(90,91)98-72-79(70-94-81(86)64-56-48-40-32-28-27-31-39-47-55-63-77(8)10-2)100-83(88)67-59-51-42-34-26-22-18-17-19-23-29-36-44-52-60-74(3)4/h74-80,85H,9-73H2,1-8H3,(H,90,91)(H,92,93)/t76?,77?,78?,79-,80-/m1/s1. The Labute approximate surface area is 632 Å². The van der Waals surface area contributed by atoms with Crippen LogP contribution in [0, 0.1) is 23.7 Å². The van der Waals surface area contributed by atoms with Gasteiger partial charge < -0.3 is 33.8 Å². The van der Waals surface area contributed by atoms with Crippen LogP contribution >= 0.6 is 15.6 Å². The summed E-state index contributed by atoms with van der Waals surface area (Å²) in [6.45, 7) is 14.3. The number of aliphatic hydroxyl groups excluding tert-OH is 1. The maximum atomic E-state index is 13.1. The lowest BCUT2D eigenvalue weighted by Gasteiger charge is -2.21. The van der Waals surface area contributed by atoms with Gasteiger partial charge in [-0.1, -0.05) is 383 Å². The zero-order valence-corrected chi connectivity index (χ0v) is 69.7. The van der Waals surface area contributed by atoms with Gasteiger partial charge in [-0.25, -0.2) is 9.13 Å². The molecule has 0 aliphatic rings. The van der Waals surface area contributed by atoms with Crippen molar-refractivity contribution in [3.05, 3.63) is 0 Å². The van der Waals surface area contributed by atoms with Gasteiger partial charge in [0.1, 0.15) is 19.3 Å². The van der Waals surface area contributed by atoms with Crippen molar-refractivity contribution in [3.63, 3.8) is 0 Å². The van der Waals surface area contributed by atoms with Gasteiger partial charge in [0.25, 0.3) is 0 Å². The van der Waals surface area contributed by atoms with Crippen LogP contribution in [0.15, 0.2) is 0 Å². The molecule has 5 unspecified atom stereocenters. The third-order valence-corrected chi connectivity index (χ3v) is 22.2. The molecule has 0 aromatic carbocycles. The first-order chi connectivity index (χ1) is 49.7. The van der Waals surface area contributed by atoms with Crippen LogP contribution in [-0.4, -0.2) is 96.7 Å². The molecule has 0 bridgehead atoms. The van der Waals surface area contributed by atoms with Gasteiger partial charge in [0.05, 0.1) is 26.4 Å². The van der Waals surface area contributed by atoms with Crippen molar-refractivity contribution < 1.29 is 80.2 Å². The van der Waals surface area contributed by atoms with Gasteiger partial charge in [0.2, 0.25) is 0 Å². The zero-order chi connectivity index (χ0) is 76.0. The highest BCUT2D eigenvalue weighted by molar-refractivity contribution is 7.47. The Morgan fingerprint density at radius 3 is 0.689 bits per heavy atom. The van der Waals surface area contributed by atoms with Crippen molar-refractivity contribution in [3.8, 4) is 0 Å². The minimum atomic E-state index is -4.96. The smallest absolute Gasteiger partial charge is 0.462 e. The summed E-state index contributed by atoms with van der Waals surface area (Å²) in [6, 6.07) is 0. The molecule has 7 atom stereocenters. The van der Waals surface area contributed by atoms with E-state index in [1.54, 1.807) is 0 Å². The summed E-state index contributed by atoms with van der Waals surface area (Å²) < 4.78 is 68.8. The molecule has 0 aromatic heterocycles. The quantitative estimate of drug-likeness (QED) is 0.0222. The van der Waals surface area contributed by atoms with Crippen LogP contribution in [0.2, 0.25) is 0 Å². The topological polar surface area (TPSA) is 237 Å². The molecule has 103 heavy (non-hydrogen) atoms. The van der Waals surface area contributed by atoms with E-state index in [1.165, 1.54) is 231 Å². The van der Waals surface area contributed by atoms with E-state index in [-0.39, 0.29) is 25.7 Å². The van der Waals surface area contributed by atoms with Gasteiger partial charge in [-0.05, 0) is 49.4 Å². The molecule has 0 amide bonds. The molecule has 0 aliphatic carbocycles. The Morgan fingerprint density at radius 2 is 0.466 bits per heavy atom. The van der Waals surface area contributed by atoms with E-state index >= 15 is 0 Å². The predicted octanol–water partition coefficient (Wildman–Crippen LogP) is 25.2. The van der Waals surface area contributed by atoms with Crippen molar-refractivity contribution in [1.82, 2.24) is 0 Å². The van der Waals surface area contributed by atoms with Gasteiger partial charge >= 0.3 is 39.5 Å². The lowest BCUT2D eigenvalue weighted by molar-refractivity contribution is -0.161. The number of carbonyl (C=O) groups excluding carboxylic acids is 4. The Balaban J connectivity index is 5.20. The number of phosphoric ester groups is 2. The number of esters is 4. The van der Waals surface area contributed by atoms with Crippen molar-refractivity contribution >= 4 is 39.5 Å². The van der Waals surface area contributed by atoms with Crippen molar-refractivity contribution in [2.75, 3.05) is 39.6 Å². The van der Waals surface area contributed by atoms with Crippen LogP contribution in [0.4, 0.5) is 0 Å². The molecule has 0 radical (unpaired) electrons. The Hall–Kier alpha value is -1.94. The van der Waals surface area contributed by atoms with E-state index in [9.17, 15) is 43.2 Å². The van der Waals surface area contributed by atoms with Gasteiger partial charge in [-0.3, -0.25) is 37.3 Å². The molecule has 0 spiro atoms. The number of hydrogen-bond donors (Lipinski definition) is 3. The first-order valence-electron chi connectivity index (χ1n) is 43.3. The summed E-state index contributed by atoms with van der Waals surface area (Å²) in [7, 11) is -9.93. The highest BCUT2D eigenvalue weighted by atomic mass is 31.2. The molecule has 3 N–H and O–H groups in total. The molecule has 0 heterocycles. The molecular formula is C84H164O17P2. The number of unbranched alkanes of at least 4 members (excludes halogenated alkanes) is 45. The minimum absolute atomic E-state index is 0.107. The zero-order valence-electron chi connectivity index (χ0n) is 68.0. The summed E-state index contributed by atoms with van der Waals surface area (Å²) in [5, 5.41) is 10.7. The Kier molecular flexibility index (Phi) is 71.5. The summed E-state index contributed by atoms with van der Waals surface area (Å²) in [5.41, 5.74) is 0. The fraction of sp³-hybridized carbons (Fsp3) is 0.952. The van der Waals surface area contributed by atoms with Crippen LogP contribution in [0.1, 0.15) is 434 Å². The van der Waals surface area contributed by atoms with E-state index in [0.717, 1.165) is 114 Å². The molecule has 0 rings (SSSR count). The Bertz CT molecular complexity index is 2010.